The Morgan fingerprint density at radius 3 is 2.74 bits per heavy atom. The third-order valence-corrected chi connectivity index (χ3v) is 3.56. The van der Waals surface area contributed by atoms with Gasteiger partial charge in [0.05, 0.1) is 0 Å². The van der Waals surface area contributed by atoms with Crippen LogP contribution in [0.2, 0.25) is 0 Å². The fourth-order valence-corrected chi connectivity index (χ4v) is 2.49. The molecular formula is C12H18ClN3O2S. The minimum absolute atomic E-state index is 0. The minimum Gasteiger partial charge on any atom is -0.351 e. The molecule has 0 aliphatic carbocycles. The van der Waals surface area contributed by atoms with E-state index in [1.165, 1.54) is 11.3 Å². The summed E-state index contributed by atoms with van der Waals surface area (Å²) in [6.45, 7) is 3.63. The Kier molecular flexibility index (Phi) is 6.83. The van der Waals surface area contributed by atoms with E-state index in [2.05, 4.69) is 10.6 Å². The highest BCUT2D eigenvalue weighted by Crippen LogP contribution is 2.05. The number of nitrogens with zero attached hydrogens (tertiary/aromatic N) is 1. The Balaban J connectivity index is 0.00000180. The molecule has 1 saturated heterocycles. The Labute approximate surface area is 122 Å². The van der Waals surface area contributed by atoms with Crippen molar-refractivity contribution in [2.75, 3.05) is 32.7 Å². The predicted octanol–water partition coefficient (Wildman–Crippen LogP) is 0.722. The van der Waals surface area contributed by atoms with Gasteiger partial charge in [0, 0.05) is 50.1 Å². The van der Waals surface area contributed by atoms with Crippen molar-refractivity contribution in [3.63, 3.8) is 0 Å². The number of carbonyl (C=O) groups excluding carboxylic acids is 2. The first-order valence-corrected chi connectivity index (χ1v) is 7.00. The largest absolute Gasteiger partial charge is 0.351 e. The molecule has 19 heavy (non-hydrogen) atoms. The quantitative estimate of drug-likeness (QED) is 0.862. The summed E-state index contributed by atoms with van der Waals surface area (Å²) < 4.78 is 0. The van der Waals surface area contributed by atoms with Gasteiger partial charge in [-0.15, -0.1) is 12.4 Å². The summed E-state index contributed by atoms with van der Waals surface area (Å²) in [5.74, 6) is 0.00600. The SMILES string of the molecule is Cl.O=C(NCCC(=O)N1CCNCC1)c1ccsc1. The van der Waals surface area contributed by atoms with Crippen LogP contribution in [-0.4, -0.2) is 49.4 Å². The second-order valence-corrected chi connectivity index (χ2v) is 4.93. The summed E-state index contributed by atoms with van der Waals surface area (Å²) in [7, 11) is 0. The second kappa shape index (κ2) is 8.14. The monoisotopic (exact) mass is 303 g/mol. The van der Waals surface area contributed by atoms with Crippen molar-refractivity contribution < 1.29 is 9.59 Å². The van der Waals surface area contributed by atoms with E-state index in [-0.39, 0.29) is 24.2 Å². The maximum atomic E-state index is 11.8. The lowest BCUT2D eigenvalue weighted by Crippen LogP contribution is -2.47. The Morgan fingerprint density at radius 1 is 1.37 bits per heavy atom. The number of halogens is 1. The number of piperazine rings is 1. The van der Waals surface area contributed by atoms with Gasteiger partial charge in [-0.1, -0.05) is 0 Å². The van der Waals surface area contributed by atoms with Gasteiger partial charge in [0.2, 0.25) is 5.91 Å². The summed E-state index contributed by atoms with van der Waals surface area (Å²) in [5.41, 5.74) is 0.662. The fourth-order valence-electron chi connectivity index (χ4n) is 1.85. The van der Waals surface area contributed by atoms with Crippen LogP contribution in [0.1, 0.15) is 16.8 Å². The molecule has 5 nitrogen and oxygen atoms in total. The molecule has 106 valence electrons. The van der Waals surface area contributed by atoms with Crippen LogP contribution in [0.15, 0.2) is 16.8 Å². The van der Waals surface area contributed by atoms with E-state index in [9.17, 15) is 9.59 Å². The van der Waals surface area contributed by atoms with Gasteiger partial charge in [0.25, 0.3) is 5.91 Å². The number of thiophene rings is 1. The van der Waals surface area contributed by atoms with Crippen molar-refractivity contribution in [1.29, 1.82) is 0 Å². The van der Waals surface area contributed by atoms with Gasteiger partial charge >= 0.3 is 0 Å². The third kappa shape index (κ3) is 4.81. The summed E-state index contributed by atoms with van der Waals surface area (Å²) >= 11 is 1.49. The molecule has 0 atom stereocenters. The maximum absolute atomic E-state index is 11.8. The average Bonchev–Trinajstić information content (AvgIpc) is 2.93. The van der Waals surface area contributed by atoms with Crippen molar-refractivity contribution in [3.8, 4) is 0 Å². The topological polar surface area (TPSA) is 61.4 Å². The summed E-state index contributed by atoms with van der Waals surface area (Å²) in [4.78, 5) is 25.3. The fraction of sp³-hybridized carbons (Fsp3) is 0.500. The maximum Gasteiger partial charge on any atom is 0.252 e. The van der Waals surface area contributed by atoms with E-state index in [0.717, 1.165) is 26.2 Å². The lowest BCUT2D eigenvalue weighted by atomic mass is 10.3. The molecule has 0 radical (unpaired) electrons. The number of hydrogen-bond donors (Lipinski definition) is 2. The van der Waals surface area contributed by atoms with E-state index in [1.807, 2.05) is 10.3 Å². The van der Waals surface area contributed by atoms with E-state index < -0.39 is 0 Å². The number of hydrogen-bond acceptors (Lipinski definition) is 4. The number of rotatable bonds is 4. The highest BCUT2D eigenvalue weighted by molar-refractivity contribution is 7.08. The molecule has 2 amide bonds. The molecule has 1 fully saturated rings. The number of carbonyl (C=O) groups is 2. The van der Waals surface area contributed by atoms with Crippen molar-refractivity contribution >= 4 is 35.6 Å². The molecule has 1 aromatic rings. The molecular weight excluding hydrogens is 286 g/mol. The first-order valence-electron chi connectivity index (χ1n) is 6.06. The summed E-state index contributed by atoms with van der Waals surface area (Å²) in [6.07, 6.45) is 0.371. The highest BCUT2D eigenvalue weighted by atomic mass is 35.5. The van der Waals surface area contributed by atoms with Gasteiger partial charge in [0.15, 0.2) is 0 Å². The smallest absolute Gasteiger partial charge is 0.252 e. The van der Waals surface area contributed by atoms with Crippen LogP contribution in [0.3, 0.4) is 0 Å². The summed E-state index contributed by atoms with van der Waals surface area (Å²) in [5, 5.41) is 9.62. The standard InChI is InChI=1S/C12H17N3O2S.ClH/c16-11(15-6-4-13-5-7-15)1-3-14-12(17)10-2-8-18-9-10;/h2,8-9,13H,1,3-7H2,(H,14,17);1H. The average molecular weight is 304 g/mol. The predicted molar refractivity (Wildman–Crippen MR) is 78.0 cm³/mol. The first-order chi connectivity index (χ1) is 8.77. The molecule has 0 bridgehead atoms. The Hall–Kier alpha value is -1.11. The van der Waals surface area contributed by atoms with Gasteiger partial charge in [-0.25, -0.2) is 0 Å². The zero-order chi connectivity index (χ0) is 12.8. The van der Waals surface area contributed by atoms with Crippen LogP contribution in [0.5, 0.6) is 0 Å². The van der Waals surface area contributed by atoms with Crippen LogP contribution in [0.25, 0.3) is 0 Å². The summed E-state index contributed by atoms with van der Waals surface area (Å²) in [6, 6.07) is 1.78. The zero-order valence-corrected chi connectivity index (χ0v) is 12.2. The van der Waals surface area contributed by atoms with Gasteiger partial charge in [0.1, 0.15) is 0 Å². The van der Waals surface area contributed by atoms with Gasteiger partial charge in [-0.3, -0.25) is 9.59 Å². The van der Waals surface area contributed by atoms with Crippen LogP contribution < -0.4 is 10.6 Å². The lowest BCUT2D eigenvalue weighted by Gasteiger charge is -2.27. The first kappa shape index (κ1) is 15.9. The van der Waals surface area contributed by atoms with E-state index >= 15 is 0 Å². The van der Waals surface area contributed by atoms with Gasteiger partial charge in [-0.2, -0.15) is 11.3 Å². The van der Waals surface area contributed by atoms with E-state index in [0.29, 0.717) is 18.5 Å². The van der Waals surface area contributed by atoms with Crippen molar-refractivity contribution in [2.24, 2.45) is 0 Å². The van der Waals surface area contributed by atoms with E-state index in [1.54, 1.807) is 11.4 Å². The van der Waals surface area contributed by atoms with Crippen LogP contribution in [0.4, 0.5) is 0 Å². The molecule has 1 aliphatic rings. The van der Waals surface area contributed by atoms with Gasteiger partial charge < -0.3 is 15.5 Å². The van der Waals surface area contributed by atoms with Crippen molar-refractivity contribution in [1.82, 2.24) is 15.5 Å². The second-order valence-electron chi connectivity index (χ2n) is 4.15. The van der Waals surface area contributed by atoms with E-state index in [4.69, 9.17) is 0 Å². The normalized spacial score (nSPS) is 14.6. The number of amides is 2. The van der Waals surface area contributed by atoms with Crippen molar-refractivity contribution in [2.45, 2.75) is 6.42 Å². The van der Waals surface area contributed by atoms with Crippen LogP contribution in [-0.2, 0) is 4.79 Å². The highest BCUT2D eigenvalue weighted by Gasteiger charge is 2.15. The molecule has 1 aliphatic heterocycles. The minimum atomic E-state index is -0.107. The van der Waals surface area contributed by atoms with Crippen molar-refractivity contribution in [3.05, 3.63) is 22.4 Å². The Morgan fingerprint density at radius 2 is 2.11 bits per heavy atom. The van der Waals surface area contributed by atoms with Crippen LogP contribution >= 0.6 is 23.7 Å². The molecule has 0 unspecified atom stereocenters. The molecule has 2 rings (SSSR count). The molecule has 1 aromatic heterocycles. The third-order valence-electron chi connectivity index (χ3n) is 2.88. The molecule has 2 N–H and O–H groups in total. The molecule has 7 heteroatoms. The Bertz CT molecular complexity index is 405. The number of nitrogens with one attached hydrogen (secondary N) is 2. The molecule has 0 spiro atoms. The molecule has 0 aromatic carbocycles. The van der Waals surface area contributed by atoms with Crippen LogP contribution in [0, 0.1) is 0 Å². The lowest BCUT2D eigenvalue weighted by molar-refractivity contribution is -0.131. The molecule has 0 saturated carbocycles. The zero-order valence-electron chi connectivity index (χ0n) is 10.6. The van der Waals surface area contributed by atoms with Gasteiger partial charge in [-0.05, 0) is 11.4 Å². The molecule has 2 heterocycles.